The Morgan fingerprint density at radius 3 is 2.88 bits per heavy atom. The first-order valence-electron chi connectivity index (χ1n) is 8.57. The summed E-state index contributed by atoms with van der Waals surface area (Å²) >= 11 is 0. The second-order valence-corrected chi connectivity index (χ2v) is 6.59. The van der Waals surface area contributed by atoms with Gasteiger partial charge in [0, 0.05) is 17.6 Å². The topological polar surface area (TPSA) is 89.9 Å². The van der Waals surface area contributed by atoms with Crippen molar-refractivity contribution in [2.24, 2.45) is 5.92 Å². The zero-order valence-electron chi connectivity index (χ0n) is 15.1. The first-order chi connectivity index (χ1) is 12.4. The summed E-state index contributed by atoms with van der Waals surface area (Å²) in [7, 11) is 0. The van der Waals surface area contributed by atoms with E-state index >= 15 is 0 Å². The number of aliphatic hydroxyl groups excluding tert-OH is 1. The maximum atomic E-state index is 12.3. The summed E-state index contributed by atoms with van der Waals surface area (Å²) in [6.07, 6.45) is 6.00. The highest BCUT2D eigenvalue weighted by atomic mass is 16.6. The van der Waals surface area contributed by atoms with E-state index in [1.54, 1.807) is 0 Å². The molecular weight excluding hydrogens is 336 g/mol. The van der Waals surface area contributed by atoms with Gasteiger partial charge in [-0.15, -0.1) is 0 Å². The van der Waals surface area contributed by atoms with Gasteiger partial charge in [-0.25, -0.2) is 9.59 Å². The quantitative estimate of drug-likeness (QED) is 0.358. The smallest absolute Gasteiger partial charge is 0.334 e. The Morgan fingerprint density at radius 2 is 2.23 bits per heavy atom. The van der Waals surface area contributed by atoms with Crippen LogP contribution in [0.1, 0.15) is 33.1 Å². The molecule has 0 spiro atoms. The highest BCUT2D eigenvalue weighted by molar-refractivity contribution is 5.92. The van der Waals surface area contributed by atoms with Gasteiger partial charge in [-0.3, -0.25) is 4.79 Å². The highest BCUT2D eigenvalue weighted by Crippen LogP contribution is 2.36. The number of hydrogen-bond acceptors (Lipinski definition) is 6. The molecule has 2 rings (SSSR count). The molecule has 1 saturated heterocycles. The fourth-order valence-corrected chi connectivity index (χ4v) is 3.13. The van der Waals surface area contributed by atoms with Crippen molar-refractivity contribution in [2.45, 2.75) is 45.3 Å². The molecule has 6 heteroatoms. The van der Waals surface area contributed by atoms with Crippen LogP contribution in [0.2, 0.25) is 0 Å². The average molecular weight is 360 g/mol. The Balaban J connectivity index is 2.40. The predicted molar refractivity (Wildman–Crippen MR) is 95.0 cm³/mol. The lowest BCUT2D eigenvalue weighted by molar-refractivity contribution is -0.147. The summed E-state index contributed by atoms with van der Waals surface area (Å²) in [6, 6.07) is 0. The van der Waals surface area contributed by atoms with Crippen LogP contribution in [-0.2, 0) is 23.9 Å². The number of rotatable bonds is 4. The van der Waals surface area contributed by atoms with E-state index < -0.39 is 30.1 Å². The van der Waals surface area contributed by atoms with Crippen LogP contribution in [0.5, 0.6) is 0 Å². The van der Waals surface area contributed by atoms with Gasteiger partial charge >= 0.3 is 11.9 Å². The molecular formula is C20H24O6. The summed E-state index contributed by atoms with van der Waals surface area (Å²) in [4.78, 5) is 35.8. The van der Waals surface area contributed by atoms with E-state index in [1.165, 1.54) is 13.0 Å². The van der Waals surface area contributed by atoms with Gasteiger partial charge in [-0.05, 0) is 44.4 Å². The SMILES string of the molecule is C=C1C(=O)OC2/C=C(\C)CC/C=C(/C=O)CC(OC(=O)/C(C)=C/CO)C12. The summed E-state index contributed by atoms with van der Waals surface area (Å²) in [5.41, 5.74) is 2.01. The van der Waals surface area contributed by atoms with E-state index in [9.17, 15) is 14.4 Å². The standard InChI is InChI=1S/C20H24O6/c1-12-5-4-6-15(11-22)10-17(25-19(23)13(2)7-8-21)18-14(3)20(24)26-16(18)9-12/h6-7,9,11,16-18,21H,3-5,8,10H2,1-2H3/b12-9+,13-7+,15-6+. The van der Waals surface area contributed by atoms with E-state index in [0.29, 0.717) is 12.0 Å². The first-order valence-corrected chi connectivity index (χ1v) is 8.57. The van der Waals surface area contributed by atoms with Crippen molar-refractivity contribution in [3.05, 3.63) is 47.1 Å². The molecule has 1 aliphatic heterocycles. The number of hydrogen-bond donors (Lipinski definition) is 1. The van der Waals surface area contributed by atoms with Crippen molar-refractivity contribution in [2.75, 3.05) is 6.61 Å². The van der Waals surface area contributed by atoms with Gasteiger partial charge < -0.3 is 14.6 Å². The summed E-state index contributed by atoms with van der Waals surface area (Å²) < 4.78 is 11.0. The lowest BCUT2D eigenvalue weighted by Gasteiger charge is -2.27. The normalized spacial score (nSPS) is 31.0. The maximum Gasteiger partial charge on any atom is 0.334 e. The third-order valence-corrected chi connectivity index (χ3v) is 4.62. The second kappa shape index (κ2) is 8.76. The number of aldehydes is 1. The van der Waals surface area contributed by atoms with Crippen molar-refractivity contribution >= 4 is 18.2 Å². The van der Waals surface area contributed by atoms with Crippen molar-refractivity contribution in [3.8, 4) is 0 Å². The Bertz CT molecular complexity index is 697. The van der Waals surface area contributed by atoms with Crippen LogP contribution >= 0.6 is 0 Å². The van der Waals surface area contributed by atoms with Crippen LogP contribution in [0.3, 0.4) is 0 Å². The fourth-order valence-electron chi connectivity index (χ4n) is 3.13. The zero-order valence-corrected chi connectivity index (χ0v) is 15.1. The molecule has 140 valence electrons. The molecule has 0 bridgehead atoms. The molecule has 0 saturated carbocycles. The lowest BCUT2D eigenvalue weighted by atomic mass is 9.85. The van der Waals surface area contributed by atoms with Crippen LogP contribution in [0, 0.1) is 5.92 Å². The predicted octanol–water partition coefficient (Wildman–Crippen LogP) is 2.19. The van der Waals surface area contributed by atoms with Crippen molar-refractivity contribution in [1.82, 2.24) is 0 Å². The Labute approximate surface area is 152 Å². The minimum Gasteiger partial charge on any atom is -0.458 e. The van der Waals surface area contributed by atoms with Crippen LogP contribution in [0.25, 0.3) is 0 Å². The summed E-state index contributed by atoms with van der Waals surface area (Å²) in [6.45, 7) is 6.98. The molecule has 0 aromatic carbocycles. The van der Waals surface area contributed by atoms with Gasteiger partial charge in [0.1, 0.15) is 18.5 Å². The number of ether oxygens (including phenoxy) is 2. The van der Waals surface area contributed by atoms with Crippen molar-refractivity contribution < 1.29 is 29.0 Å². The molecule has 0 aromatic rings. The van der Waals surface area contributed by atoms with Crippen molar-refractivity contribution in [1.29, 1.82) is 0 Å². The highest BCUT2D eigenvalue weighted by Gasteiger charge is 2.44. The van der Waals surface area contributed by atoms with E-state index in [2.05, 4.69) is 6.58 Å². The molecule has 6 nitrogen and oxygen atoms in total. The van der Waals surface area contributed by atoms with Gasteiger partial charge in [0.2, 0.25) is 0 Å². The van der Waals surface area contributed by atoms with Gasteiger partial charge in [-0.1, -0.05) is 18.2 Å². The third-order valence-electron chi connectivity index (χ3n) is 4.62. The molecule has 2 aliphatic rings. The molecule has 1 heterocycles. The monoisotopic (exact) mass is 360 g/mol. The number of carbonyl (C=O) groups excluding carboxylic acids is 3. The van der Waals surface area contributed by atoms with E-state index in [1.807, 2.05) is 19.1 Å². The molecule has 1 fully saturated rings. The Kier molecular flexibility index (Phi) is 6.69. The van der Waals surface area contributed by atoms with Crippen LogP contribution in [-0.4, -0.2) is 42.1 Å². The van der Waals surface area contributed by atoms with E-state index in [4.69, 9.17) is 14.6 Å². The molecule has 0 radical (unpaired) electrons. The van der Waals surface area contributed by atoms with Gasteiger partial charge in [0.15, 0.2) is 0 Å². The van der Waals surface area contributed by atoms with Gasteiger partial charge in [0.05, 0.1) is 12.5 Å². The zero-order chi connectivity index (χ0) is 19.3. The largest absolute Gasteiger partial charge is 0.458 e. The van der Waals surface area contributed by atoms with Gasteiger partial charge in [0.25, 0.3) is 0 Å². The molecule has 0 aromatic heterocycles. The Hall–Kier alpha value is -2.47. The molecule has 0 amide bonds. The molecule has 3 atom stereocenters. The summed E-state index contributed by atoms with van der Waals surface area (Å²) in [5, 5.41) is 8.95. The molecule has 1 aliphatic carbocycles. The number of fused-ring (bicyclic) bond motifs is 1. The van der Waals surface area contributed by atoms with E-state index in [-0.39, 0.29) is 24.2 Å². The summed E-state index contributed by atoms with van der Waals surface area (Å²) in [5.74, 6) is -1.70. The molecule has 3 unspecified atom stereocenters. The van der Waals surface area contributed by atoms with Crippen LogP contribution < -0.4 is 0 Å². The van der Waals surface area contributed by atoms with Crippen LogP contribution in [0.15, 0.2) is 47.1 Å². The van der Waals surface area contributed by atoms with Crippen molar-refractivity contribution in [3.63, 3.8) is 0 Å². The Morgan fingerprint density at radius 1 is 1.50 bits per heavy atom. The van der Waals surface area contributed by atoms with Crippen LogP contribution in [0.4, 0.5) is 0 Å². The minimum atomic E-state index is -0.771. The number of aliphatic hydroxyl groups is 1. The van der Waals surface area contributed by atoms with E-state index in [0.717, 1.165) is 18.3 Å². The fraction of sp³-hybridized carbons (Fsp3) is 0.450. The molecule has 26 heavy (non-hydrogen) atoms. The first kappa shape index (κ1) is 19.8. The lowest BCUT2D eigenvalue weighted by Crippen LogP contribution is -2.34. The number of esters is 2. The number of allylic oxidation sites excluding steroid dienone is 2. The second-order valence-electron chi connectivity index (χ2n) is 6.59. The number of carbonyl (C=O) groups is 3. The third kappa shape index (κ3) is 4.58. The molecule has 1 N–H and O–H groups in total. The minimum absolute atomic E-state index is 0.172. The maximum absolute atomic E-state index is 12.3. The van der Waals surface area contributed by atoms with Gasteiger partial charge in [-0.2, -0.15) is 0 Å². The average Bonchev–Trinajstić information content (AvgIpc) is 2.86.